The molecule has 0 spiro atoms. The van der Waals surface area contributed by atoms with Gasteiger partial charge >= 0.3 is 0 Å². The van der Waals surface area contributed by atoms with E-state index in [0.29, 0.717) is 18.7 Å². The molecular weight excluding hydrogens is 309 g/mol. The number of carbonyl (C=O) groups is 1. The summed E-state index contributed by atoms with van der Waals surface area (Å²) in [6.07, 6.45) is 3.34. The molecule has 1 N–H and O–H groups in total. The third-order valence-corrected chi connectivity index (χ3v) is 4.69. The van der Waals surface area contributed by atoms with Crippen LogP contribution in [0.3, 0.4) is 0 Å². The van der Waals surface area contributed by atoms with Crippen LogP contribution in [0.15, 0.2) is 35.0 Å². The Hall–Kier alpha value is -2.21. The van der Waals surface area contributed by atoms with E-state index in [1.54, 1.807) is 29.3 Å². The second-order valence-corrected chi connectivity index (χ2v) is 6.21. The second kappa shape index (κ2) is 7.13. The van der Waals surface area contributed by atoms with Gasteiger partial charge in [0.2, 0.25) is 5.91 Å². The first-order valence-corrected chi connectivity index (χ1v) is 8.26. The smallest absolute Gasteiger partial charge is 0.240 e. The average Bonchev–Trinajstić information content (AvgIpc) is 2.99. The van der Waals surface area contributed by atoms with Crippen LogP contribution in [0.1, 0.15) is 42.7 Å². The minimum absolute atomic E-state index is 0.0195. The number of aryl methyl sites for hydroxylation is 1. The van der Waals surface area contributed by atoms with Crippen molar-refractivity contribution >= 4 is 5.91 Å². The van der Waals surface area contributed by atoms with Gasteiger partial charge in [-0.3, -0.25) is 4.79 Å². The van der Waals surface area contributed by atoms with Crippen molar-refractivity contribution in [2.45, 2.75) is 45.3 Å². The van der Waals surface area contributed by atoms with Crippen LogP contribution >= 0.6 is 0 Å². The van der Waals surface area contributed by atoms with Crippen molar-refractivity contribution in [2.24, 2.45) is 0 Å². The van der Waals surface area contributed by atoms with Gasteiger partial charge in [-0.05, 0) is 32.8 Å². The topological polar surface area (TPSA) is 58.4 Å². The van der Waals surface area contributed by atoms with Crippen LogP contribution in [0.2, 0.25) is 0 Å². The van der Waals surface area contributed by atoms with Gasteiger partial charge in [0.1, 0.15) is 11.6 Å². The number of rotatable bonds is 5. The number of nitrogens with zero attached hydrogens (tertiary/aromatic N) is 2. The molecule has 2 atom stereocenters. The molecule has 2 heterocycles. The van der Waals surface area contributed by atoms with Crippen molar-refractivity contribution in [3.05, 3.63) is 53.2 Å². The van der Waals surface area contributed by atoms with Crippen molar-refractivity contribution in [3.8, 4) is 0 Å². The molecule has 1 aliphatic rings. The second-order valence-electron chi connectivity index (χ2n) is 6.21. The van der Waals surface area contributed by atoms with Crippen LogP contribution < -0.4 is 5.32 Å². The summed E-state index contributed by atoms with van der Waals surface area (Å²) >= 11 is 0. The summed E-state index contributed by atoms with van der Waals surface area (Å²) in [5.74, 6) is 0.501. The Balaban J connectivity index is 1.68. The van der Waals surface area contributed by atoms with E-state index >= 15 is 0 Å². The predicted octanol–water partition coefficient (Wildman–Crippen LogP) is 2.96. The first-order valence-electron chi connectivity index (χ1n) is 8.26. The third-order valence-electron chi connectivity index (χ3n) is 4.69. The molecular formula is C18H22FN3O2. The Morgan fingerprint density at radius 2 is 2.25 bits per heavy atom. The summed E-state index contributed by atoms with van der Waals surface area (Å²) in [5, 5.41) is 7.03. The molecule has 1 aliphatic heterocycles. The van der Waals surface area contributed by atoms with E-state index in [9.17, 15) is 9.18 Å². The van der Waals surface area contributed by atoms with E-state index in [1.165, 1.54) is 6.07 Å². The molecule has 2 unspecified atom stereocenters. The molecule has 5 nitrogen and oxygen atoms in total. The number of aromatic nitrogens is 1. The number of halogens is 1. The zero-order chi connectivity index (χ0) is 17.1. The van der Waals surface area contributed by atoms with E-state index < -0.39 is 0 Å². The number of piperidine rings is 1. The zero-order valence-electron chi connectivity index (χ0n) is 14.0. The van der Waals surface area contributed by atoms with Crippen molar-refractivity contribution in [1.82, 2.24) is 15.4 Å². The molecule has 1 aromatic heterocycles. The van der Waals surface area contributed by atoms with Gasteiger partial charge in [0.25, 0.3) is 0 Å². The standard InChI is InChI=1S/C18H22FN3O2/c1-12(15-6-3-4-7-16(15)19)22-9-5-8-17(18(22)23)20-10-14-11-21-24-13(14)2/h3-4,6-7,11-12,17,20H,5,8-10H2,1-2H3. The van der Waals surface area contributed by atoms with E-state index in [0.717, 1.165) is 24.2 Å². The van der Waals surface area contributed by atoms with Crippen LogP contribution in [0, 0.1) is 12.7 Å². The van der Waals surface area contributed by atoms with Crippen molar-refractivity contribution in [3.63, 3.8) is 0 Å². The normalized spacial score (nSPS) is 19.5. The van der Waals surface area contributed by atoms with Crippen molar-refractivity contribution in [2.75, 3.05) is 6.54 Å². The number of amides is 1. The third kappa shape index (κ3) is 3.33. The number of nitrogens with one attached hydrogen (secondary N) is 1. The summed E-state index contributed by atoms with van der Waals surface area (Å²) < 4.78 is 19.1. The Kier molecular flexibility index (Phi) is 4.94. The highest BCUT2D eigenvalue weighted by Crippen LogP contribution is 2.27. The molecule has 0 bridgehead atoms. The van der Waals surface area contributed by atoms with Gasteiger partial charge in [0, 0.05) is 24.2 Å². The maximum atomic E-state index is 14.0. The Morgan fingerprint density at radius 3 is 2.96 bits per heavy atom. The van der Waals surface area contributed by atoms with Crippen LogP contribution in [0.5, 0.6) is 0 Å². The summed E-state index contributed by atoms with van der Waals surface area (Å²) in [7, 11) is 0. The number of likely N-dealkylation sites (tertiary alicyclic amines) is 1. The van der Waals surface area contributed by atoms with Gasteiger partial charge in [0.05, 0.1) is 18.3 Å². The maximum absolute atomic E-state index is 14.0. The molecule has 3 rings (SSSR count). The average molecular weight is 331 g/mol. The predicted molar refractivity (Wildman–Crippen MR) is 87.6 cm³/mol. The molecule has 24 heavy (non-hydrogen) atoms. The Morgan fingerprint density at radius 1 is 1.46 bits per heavy atom. The maximum Gasteiger partial charge on any atom is 0.240 e. The molecule has 1 amide bonds. The minimum atomic E-state index is -0.277. The summed E-state index contributed by atoms with van der Waals surface area (Å²) in [6, 6.07) is 6.10. The molecule has 1 fully saturated rings. The lowest BCUT2D eigenvalue weighted by atomic mass is 9.99. The highest BCUT2D eigenvalue weighted by atomic mass is 19.1. The minimum Gasteiger partial charge on any atom is -0.361 e. The summed E-state index contributed by atoms with van der Waals surface area (Å²) in [4.78, 5) is 14.6. The number of carbonyl (C=O) groups excluding carboxylic acids is 1. The SMILES string of the molecule is Cc1oncc1CNC1CCCN(C(C)c2ccccc2F)C1=O. The fourth-order valence-corrected chi connectivity index (χ4v) is 3.18. The van der Waals surface area contributed by atoms with Crippen LogP contribution in [-0.2, 0) is 11.3 Å². The van der Waals surface area contributed by atoms with Gasteiger partial charge in [0.15, 0.2) is 0 Å². The lowest BCUT2D eigenvalue weighted by Gasteiger charge is -2.37. The van der Waals surface area contributed by atoms with E-state index in [1.807, 2.05) is 13.8 Å². The zero-order valence-corrected chi connectivity index (χ0v) is 14.0. The molecule has 6 heteroatoms. The van der Waals surface area contributed by atoms with Gasteiger partial charge < -0.3 is 14.7 Å². The van der Waals surface area contributed by atoms with E-state index in [-0.39, 0.29) is 23.8 Å². The van der Waals surface area contributed by atoms with E-state index in [4.69, 9.17) is 4.52 Å². The first-order chi connectivity index (χ1) is 11.6. The Labute approximate surface area is 140 Å². The van der Waals surface area contributed by atoms with Gasteiger partial charge in [-0.25, -0.2) is 4.39 Å². The fraction of sp³-hybridized carbons (Fsp3) is 0.444. The number of benzene rings is 1. The summed E-state index contributed by atoms with van der Waals surface area (Å²) in [5.41, 5.74) is 1.50. The molecule has 0 aliphatic carbocycles. The largest absolute Gasteiger partial charge is 0.361 e. The quantitative estimate of drug-likeness (QED) is 0.915. The molecule has 1 saturated heterocycles. The van der Waals surface area contributed by atoms with E-state index in [2.05, 4.69) is 10.5 Å². The number of hydrogen-bond donors (Lipinski definition) is 1. The highest BCUT2D eigenvalue weighted by molar-refractivity contribution is 5.83. The monoisotopic (exact) mass is 331 g/mol. The molecule has 128 valence electrons. The Bertz CT molecular complexity index is 716. The lowest BCUT2D eigenvalue weighted by Crippen LogP contribution is -2.51. The van der Waals surface area contributed by atoms with Crippen molar-refractivity contribution in [1.29, 1.82) is 0 Å². The van der Waals surface area contributed by atoms with Crippen LogP contribution in [0.4, 0.5) is 4.39 Å². The molecule has 2 aromatic rings. The van der Waals surface area contributed by atoms with Gasteiger partial charge in [-0.2, -0.15) is 0 Å². The molecule has 0 radical (unpaired) electrons. The highest BCUT2D eigenvalue weighted by Gasteiger charge is 2.32. The molecule has 1 aromatic carbocycles. The van der Waals surface area contributed by atoms with Crippen LogP contribution in [-0.4, -0.2) is 28.6 Å². The van der Waals surface area contributed by atoms with Crippen LogP contribution in [0.25, 0.3) is 0 Å². The van der Waals surface area contributed by atoms with Gasteiger partial charge in [-0.1, -0.05) is 23.4 Å². The van der Waals surface area contributed by atoms with Gasteiger partial charge in [-0.15, -0.1) is 0 Å². The first kappa shape index (κ1) is 16.6. The molecule has 0 saturated carbocycles. The van der Waals surface area contributed by atoms with Crippen molar-refractivity contribution < 1.29 is 13.7 Å². The lowest BCUT2D eigenvalue weighted by molar-refractivity contribution is -0.138. The fourth-order valence-electron chi connectivity index (χ4n) is 3.18. The summed E-state index contributed by atoms with van der Waals surface area (Å²) in [6.45, 7) is 4.91. The number of hydrogen-bond acceptors (Lipinski definition) is 4.